The number of hydrogen-bond acceptors (Lipinski definition) is 4. The van der Waals surface area contributed by atoms with Crippen molar-refractivity contribution in [3.8, 4) is 17.0 Å². The molecule has 0 atom stereocenters. The highest BCUT2D eigenvalue weighted by Crippen LogP contribution is 2.29. The number of ether oxygens (including phenoxy) is 1. The van der Waals surface area contributed by atoms with Gasteiger partial charge >= 0.3 is 0 Å². The number of para-hydroxylation sites is 1. The predicted octanol–water partition coefficient (Wildman–Crippen LogP) is 3.15. The van der Waals surface area contributed by atoms with E-state index >= 15 is 0 Å². The smallest absolute Gasteiger partial charge is 0.131 e. The normalized spacial score (nSPS) is 10.3. The highest BCUT2D eigenvalue weighted by Gasteiger charge is 2.09. The third-order valence-electron chi connectivity index (χ3n) is 2.81. The van der Waals surface area contributed by atoms with Crippen molar-refractivity contribution in [3.05, 3.63) is 36.2 Å². The molecule has 0 radical (unpaired) electrons. The number of anilines is 1. The van der Waals surface area contributed by atoms with Gasteiger partial charge in [-0.15, -0.1) is 0 Å². The molecular formula is C15H19N3O. The van der Waals surface area contributed by atoms with Crippen molar-refractivity contribution in [2.24, 2.45) is 0 Å². The summed E-state index contributed by atoms with van der Waals surface area (Å²) in [6, 6.07) is 9.88. The Hall–Kier alpha value is -2.10. The van der Waals surface area contributed by atoms with Crippen molar-refractivity contribution in [1.82, 2.24) is 9.97 Å². The summed E-state index contributed by atoms with van der Waals surface area (Å²) in [5, 5.41) is 3.07. The van der Waals surface area contributed by atoms with Gasteiger partial charge in [0.2, 0.25) is 0 Å². The molecule has 1 heterocycles. The molecule has 4 nitrogen and oxygen atoms in total. The Morgan fingerprint density at radius 2 is 1.95 bits per heavy atom. The molecule has 0 aliphatic heterocycles. The van der Waals surface area contributed by atoms with Gasteiger partial charge in [0.15, 0.2) is 0 Å². The van der Waals surface area contributed by atoms with Crippen molar-refractivity contribution >= 4 is 5.82 Å². The Balaban J connectivity index is 2.51. The van der Waals surface area contributed by atoms with Gasteiger partial charge in [-0.05, 0) is 19.1 Å². The Morgan fingerprint density at radius 3 is 2.63 bits per heavy atom. The van der Waals surface area contributed by atoms with Crippen LogP contribution in [0.5, 0.6) is 5.75 Å². The molecule has 19 heavy (non-hydrogen) atoms. The van der Waals surface area contributed by atoms with Crippen LogP contribution in [0.25, 0.3) is 11.3 Å². The topological polar surface area (TPSA) is 47.0 Å². The maximum Gasteiger partial charge on any atom is 0.131 e. The summed E-state index contributed by atoms with van der Waals surface area (Å²) in [5.74, 6) is 2.51. The molecule has 0 aliphatic carbocycles. The molecule has 1 aromatic carbocycles. The molecule has 0 aliphatic rings. The molecule has 1 N–H and O–H groups in total. The van der Waals surface area contributed by atoms with E-state index in [0.29, 0.717) is 6.61 Å². The average molecular weight is 257 g/mol. The first kappa shape index (κ1) is 13.3. The van der Waals surface area contributed by atoms with E-state index < -0.39 is 0 Å². The fourth-order valence-electron chi connectivity index (χ4n) is 1.88. The molecule has 0 amide bonds. The van der Waals surface area contributed by atoms with E-state index in [1.54, 1.807) is 0 Å². The molecule has 2 rings (SSSR count). The molecule has 0 spiro atoms. The van der Waals surface area contributed by atoms with Gasteiger partial charge in [-0.3, -0.25) is 0 Å². The van der Waals surface area contributed by atoms with Crippen molar-refractivity contribution in [2.75, 3.05) is 19.0 Å². The monoisotopic (exact) mass is 257 g/mol. The first-order valence-corrected chi connectivity index (χ1v) is 6.56. The number of benzene rings is 1. The zero-order valence-corrected chi connectivity index (χ0v) is 11.6. The Bertz CT molecular complexity index is 533. The summed E-state index contributed by atoms with van der Waals surface area (Å²) < 4.78 is 5.66. The van der Waals surface area contributed by atoms with Gasteiger partial charge in [0, 0.05) is 25.1 Å². The zero-order chi connectivity index (χ0) is 13.7. The zero-order valence-electron chi connectivity index (χ0n) is 11.6. The lowest BCUT2D eigenvalue weighted by Gasteiger charge is -2.11. The molecule has 0 bridgehead atoms. The molecule has 1 aromatic heterocycles. The number of aromatic nitrogens is 2. The van der Waals surface area contributed by atoms with Crippen LogP contribution in [0, 0.1) is 0 Å². The van der Waals surface area contributed by atoms with Gasteiger partial charge in [0.05, 0.1) is 12.3 Å². The van der Waals surface area contributed by atoms with Crippen molar-refractivity contribution in [3.63, 3.8) is 0 Å². The van der Waals surface area contributed by atoms with Crippen LogP contribution >= 0.6 is 0 Å². The van der Waals surface area contributed by atoms with Crippen LogP contribution in [0.15, 0.2) is 30.3 Å². The predicted molar refractivity (Wildman–Crippen MR) is 77.6 cm³/mol. The standard InChI is InChI=1S/C15H19N3O/c1-4-14-17-12(10-15(16-3)18-14)11-8-6-7-9-13(11)19-5-2/h6-10H,4-5H2,1-3H3,(H,16,17,18). The van der Waals surface area contributed by atoms with Crippen molar-refractivity contribution < 1.29 is 4.74 Å². The fraction of sp³-hybridized carbons (Fsp3) is 0.333. The minimum atomic E-state index is 0.640. The van der Waals surface area contributed by atoms with E-state index in [0.717, 1.165) is 35.1 Å². The lowest BCUT2D eigenvalue weighted by Crippen LogP contribution is -2.02. The van der Waals surface area contributed by atoms with Gasteiger partial charge in [-0.1, -0.05) is 19.1 Å². The molecule has 0 unspecified atom stereocenters. The van der Waals surface area contributed by atoms with Crippen molar-refractivity contribution in [2.45, 2.75) is 20.3 Å². The Kier molecular flexibility index (Phi) is 4.34. The van der Waals surface area contributed by atoms with Gasteiger partial charge in [0.25, 0.3) is 0 Å². The number of nitrogens with one attached hydrogen (secondary N) is 1. The highest BCUT2D eigenvalue weighted by molar-refractivity contribution is 5.69. The van der Waals surface area contributed by atoms with Crippen LogP contribution in [0.3, 0.4) is 0 Å². The number of hydrogen-bond donors (Lipinski definition) is 1. The largest absolute Gasteiger partial charge is 0.493 e. The second-order valence-electron chi connectivity index (χ2n) is 4.09. The van der Waals surface area contributed by atoms with Crippen LogP contribution in [0.4, 0.5) is 5.82 Å². The van der Waals surface area contributed by atoms with Gasteiger partial charge in [-0.2, -0.15) is 0 Å². The SMILES string of the molecule is CCOc1ccccc1-c1cc(NC)nc(CC)n1. The first-order chi connectivity index (χ1) is 9.28. The summed E-state index contributed by atoms with van der Waals surface area (Å²) in [7, 11) is 1.86. The van der Waals surface area contributed by atoms with Crippen molar-refractivity contribution in [1.29, 1.82) is 0 Å². The third kappa shape index (κ3) is 3.02. The van der Waals surface area contributed by atoms with Crippen LogP contribution in [0.2, 0.25) is 0 Å². The van der Waals surface area contributed by atoms with E-state index in [1.807, 2.05) is 51.2 Å². The molecule has 0 saturated heterocycles. The lowest BCUT2D eigenvalue weighted by molar-refractivity contribution is 0.341. The van der Waals surface area contributed by atoms with Gasteiger partial charge in [-0.25, -0.2) is 9.97 Å². The second kappa shape index (κ2) is 6.18. The molecule has 0 fully saturated rings. The molecular weight excluding hydrogens is 238 g/mol. The minimum absolute atomic E-state index is 0.640. The summed E-state index contributed by atoms with van der Waals surface area (Å²) in [4.78, 5) is 8.99. The number of nitrogens with zero attached hydrogens (tertiary/aromatic N) is 2. The molecule has 0 saturated carbocycles. The Labute approximate surface area is 113 Å². The molecule has 4 heteroatoms. The lowest BCUT2D eigenvalue weighted by atomic mass is 10.1. The maximum absolute atomic E-state index is 5.66. The molecule has 2 aromatic rings. The number of aryl methyl sites for hydroxylation is 1. The Morgan fingerprint density at radius 1 is 1.16 bits per heavy atom. The van der Waals surface area contributed by atoms with E-state index in [-0.39, 0.29) is 0 Å². The summed E-state index contributed by atoms with van der Waals surface area (Å²) in [5.41, 5.74) is 1.89. The van der Waals surface area contributed by atoms with Gasteiger partial charge < -0.3 is 10.1 Å². The summed E-state index contributed by atoms with van der Waals surface area (Å²) in [6.07, 6.45) is 0.805. The van der Waals surface area contributed by atoms with E-state index in [2.05, 4.69) is 15.3 Å². The molecule has 100 valence electrons. The highest BCUT2D eigenvalue weighted by atomic mass is 16.5. The van der Waals surface area contributed by atoms with E-state index in [1.165, 1.54) is 0 Å². The second-order valence-corrected chi connectivity index (χ2v) is 4.09. The first-order valence-electron chi connectivity index (χ1n) is 6.56. The summed E-state index contributed by atoms with van der Waals surface area (Å²) >= 11 is 0. The average Bonchev–Trinajstić information content (AvgIpc) is 2.47. The minimum Gasteiger partial charge on any atom is -0.493 e. The van der Waals surface area contributed by atoms with Crippen LogP contribution in [0.1, 0.15) is 19.7 Å². The maximum atomic E-state index is 5.66. The van der Waals surface area contributed by atoms with Gasteiger partial charge in [0.1, 0.15) is 17.4 Å². The summed E-state index contributed by atoms with van der Waals surface area (Å²) in [6.45, 7) is 4.67. The van der Waals surface area contributed by atoms with E-state index in [4.69, 9.17) is 4.74 Å². The van der Waals surface area contributed by atoms with E-state index in [9.17, 15) is 0 Å². The fourth-order valence-corrected chi connectivity index (χ4v) is 1.88. The third-order valence-corrected chi connectivity index (χ3v) is 2.81. The number of rotatable bonds is 5. The van der Waals surface area contributed by atoms with Crippen LogP contribution in [-0.4, -0.2) is 23.6 Å². The van der Waals surface area contributed by atoms with Crippen LogP contribution < -0.4 is 10.1 Å². The van der Waals surface area contributed by atoms with Crippen LogP contribution in [-0.2, 0) is 6.42 Å². The quantitative estimate of drug-likeness (QED) is 0.893.